The Bertz CT molecular complexity index is 394. The lowest BCUT2D eigenvalue weighted by Crippen LogP contribution is -2.50. The zero-order chi connectivity index (χ0) is 12.1. The topological polar surface area (TPSA) is 66.5 Å². The number of H-pyrrole nitrogens is 1. The van der Waals surface area contributed by atoms with Crippen molar-refractivity contribution in [2.45, 2.75) is 52.6 Å². The summed E-state index contributed by atoms with van der Waals surface area (Å²) in [5.74, 6) is 1.63. The fourth-order valence-electron chi connectivity index (χ4n) is 4.26. The number of aromatic nitrogens is 4. The van der Waals surface area contributed by atoms with Gasteiger partial charge in [-0.1, -0.05) is 26.0 Å². The van der Waals surface area contributed by atoms with Crippen LogP contribution in [0.2, 0.25) is 0 Å². The summed E-state index contributed by atoms with van der Waals surface area (Å²) in [5.41, 5.74) is 0.842. The smallest absolute Gasteiger partial charge is 0.188 e. The van der Waals surface area contributed by atoms with Crippen molar-refractivity contribution in [3.8, 4) is 0 Å². The van der Waals surface area contributed by atoms with E-state index in [9.17, 15) is 0 Å². The predicted octanol–water partition coefficient (Wildman–Crippen LogP) is 1.50. The van der Waals surface area contributed by atoms with Crippen LogP contribution in [0.5, 0.6) is 0 Å². The molecule has 5 heteroatoms. The third-order valence-electron chi connectivity index (χ3n) is 5.12. The number of nitrogens with one attached hydrogen (secondary N) is 2. The highest BCUT2D eigenvalue weighted by Crippen LogP contribution is 2.62. The summed E-state index contributed by atoms with van der Waals surface area (Å²) in [4.78, 5) is 0. The Kier molecular flexibility index (Phi) is 2.30. The molecule has 2 N–H and O–H groups in total. The summed E-state index contributed by atoms with van der Waals surface area (Å²) in [7, 11) is 0. The normalized spacial score (nSPS) is 38.8. The summed E-state index contributed by atoms with van der Waals surface area (Å²) in [6.45, 7) is 7.94. The van der Waals surface area contributed by atoms with Gasteiger partial charge >= 0.3 is 0 Å². The largest absolute Gasteiger partial charge is 0.306 e. The van der Waals surface area contributed by atoms with E-state index in [4.69, 9.17) is 0 Å². The van der Waals surface area contributed by atoms with Crippen molar-refractivity contribution < 1.29 is 0 Å². The summed E-state index contributed by atoms with van der Waals surface area (Å²) in [6.07, 6.45) is 4.11. The summed E-state index contributed by atoms with van der Waals surface area (Å²) < 4.78 is 0. The number of rotatable bonds is 3. The van der Waals surface area contributed by atoms with E-state index in [0.29, 0.717) is 23.4 Å². The van der Waals surface area contributed by atoms with E-state index in [1.54, 1.807) is 0 Å². The van der Waals surface area contributed by atoms with Gasteiger partial charge in [0.05, 0.1) is 6.54 Å². The maximum atomic E-state index is 4.00. The molecule has 0 aromatic carbocycles. The van der Waals surface area contributed by atoms with Gasteiger partial charge in [-0.25, -0.2) is 0 Å². The van der Waals surface area contributed by atoms with E-state index >= 15 is 0 Å². The number of nitrogens with zero attached hydrogens (tertiary/aromatic N) is 3. The fraction of sp³-hybridized carbons (Fsp3) is 0.917. The molecule has 5 nitrogen and oxygen atoms in total. The van der Waals surface area contributed by atoms with Gasteiger partial charge in [0.25, 0.3) is 0 Å². The number of hydrogen-bond acceptors (Lipinski definition) is 4. The van der Waals surface area contributed by atoms with Gasteiger partial charge in [-0.3, -0.25) is 0 Å². The zero-order valence-electron chi connectivity index (χ0n) is 10.8. The van der Waals surface area contributed by atoms with Crippen molar-refractivity contribution in [2.24, 2.45) is 16.7 Å². The molecule has 17 heavy (non-hydrogen) atoms. The van der Waals surface area contributed by atoms with E-state index in [1.807, 2.05) is 0 Å². The molecular formula is C12H21N5. The Morgan fingerprint density at radius 2 is 2.24 bits per heavy atom. The summed E-state index contributed by atoms with van der Waals surface area (Å²) >= 11 is 0. The molecule has 2 bridgehead atoms. The van der Waals surface area contributed by atoms with Crippen LogP contribution in [0.15, 0.2) is 0 Å². The van der Waals surface area contributed by atoms with Crippen LogP contribution in [0.1, 0.15) is 45.9 Å². The van der Waals surface area contributed by atoms with Crippen LogP contribution in [0.25, 0.3) is 0 Å². The molecule has 0 amide bonds. The second-order valence-electron chi connectivity index (χ2n) is 6.56. The van der Waals surface area contributed by atoms with E-state index in [0.717, 1.165) is 11.7 Å². The summed E-state index contributed by atoms with van der Waals surface area (Å²) in [5, 5.41) is 17.8. The van der Waals surface area contributed by atoms with Crippen LogP contribution < -0.4 is 5.32 Å². The van der Waals surface area contributed by atoms with Crippen LogP contribution >= 0.6 is 0 Å². The van der Waals surface area contributed by atoms with Gasteiger partial charge in [0.15, 0.2) is 5.82 Å². The maximum absolute atomic E-state index is 4.00. The van der Waals surface area contributed by atoms with E-state index in [-0.39, 0.29) is 0 Å². The molecule has 3 rings (SSSR count). The molecule has 1 aromatic rings. The lowest BCUT2D eigenvalue weighted by molar-refractivity contribution is 0.107. The average Bonchev–Trinajstić information content (AvgIpc) is 2.90. The van der Waals surface area contributed by atoms with Crippen molar-refractivity contribution in [2.75, 3.05) is 0 Å². The highest BCUT2D eigenvalue weighted by Gasteiger charge is 2.58. The standard InChI is InChI=1S/C12H21N5/c1-11(2)8-4-5-12(3,6-8)10(11)13-7-9-14-16-17-15-9/h8,10,13H,4-7H2,1-3H3,(H,14,15,16,17). The number of hydrogen-bond donors (Lipinski definition) is 2. The second-order valence-corrected chi connectivity index (χ2v) is 6.56. The monoisotopic (exact) mass is 235 g/mol. The van der Waals surface area contributed by atoms with Crippen molar-refractivity contribution in [3.05, 3.63) is 5.82 Å². The number of tetrazole rings is 1. The molecular weight excluding hydrogens is 214 g/mol. The second kappa shape index (κ2) is 3.51. The van der Waals surface area contributed by atoms with Crippen LogP contribution in [-0.2, 0) is 6.54 Å². The molecule has 0 aliphatic heterocycles. The van der Waals surface area contributed by atoms with E-state index in [1.165, 1.54) is 19.3 Å². The first-order valence-corrected chi connectivity index (χ1v) is 6.48. The fourth-order valence-corrected chi connectivity index (χ4v) is 4.26. The Morgan fingerprint density at radius 1 is 1.41 bits per heavy atom. The van der Waals surface area contributed by atoms with Gasteiger partial charge < -0.3 is 5.32 Å². The molecule has 3 atom stereocenters. The first kappa shape index (κ1) is 11.1. The van der Waals surface area contributed by atoms with Gasteiger partial charge in [-0.2, -0.15) is 5.21 Å². The molecule has 0 saturated heterocycles. The van der Waals surface area contributed by atoms with E-state index < -0.39 is 0 Å². The molecule has 94 valence electrons. The van der Waals surface area contributed by atoms with E-state index in [2.05, 4.69) is 46.7 Å². The van der Waals surface area contributed by atoms with Crippen molar-refractivity contribution >= 4 is 0 Å². The predicted molar refractivity (Wildman–Crippen MR) is 64.0 cm³/mol. The third kappa shape index (κ3) is 1.59. The van der Waals surface area contributed by atoms with Crippen LogP contribution in [0.3, 0.4) is 0 Å². The Morgan fingerprint density at radius 3 is 2.82 bits per heavy atom. The molecule has 0 radical (unpaired) electrons. The minimum Gasteiger partial charge on any atom is -0.306 e. The van der Waals surface area contributed by atoms with Crippen molar-refractivity contribution in [1.29, 1.82) is 0 Å². The quantitative estimate of drug-likeness (QED) is 0.833. The Labute approximate surface area is 102 Å². The van der Waals surface area contributed by atoms with Crippen LogP contribution in [0.4, 0.5) is 0 Å². The Hall–Kier alpha value is -0.970. The van der Waals surface area contributed by atoms with Gasteiger partial charge in [0, 0.05) is 6.04 Å². The highest BCUT2D eigenvalue weighted by atomic mass is 15.5. The minimum atomic E-state index is 0.386. The first-order chi connectivity index (χ1) is 8.02. The first-order valence-electron chi connectivity index (χ1n) is 6.48. The minimum absolute atomic E-state index is 0.386. The Balaban J connectivity index is 1.74. The van der Waals surface area contributed by atoms with Gasteiger partial charge in [0.2, 0.25) is 0 Å². The average molecular weight is 235 g/mol. The zero-order valence-corrected chi connectivity index (χ0v) is 10.8. The SMILES string of the molecule is CC12CCC(C1)C(C)(C)C2NCc1nn[nH]n1. The lowest BCUT2D eigenvalue weighted by atomic mass is 9.68. The van der Waals surface area contributed by atoms with Gasteiger partial charge in [-0.05, 0) is 36.0 Å². The molecule has 1 heterocycles. The van der Waals surface area contributed by atoms with Crippen molar-refractivity contribution in [3.63, 3.8) is 0 Å². The molecule has 0 spiro atoms. The van der Waals surface area contributed by atoms with Crippen LogP contribution in [0, 0.1) is 16.7 Å². The van der Waals surface area contributed by atoms with Crippen LogP contribution in [-0.4, -0.2) is 26.7 Å². The summed E-state index contributed by atoms with van der Waals surface area (Å²) in [6, 6.07) is 0.562. The molecule has 2 aliphatic carbocycles. The van der Waals surface area contributed by atoms with Crippen molar-refractivity contribution in [1.82, 2.24) is 25.9 Å². The van der Waals surface area contributed by atoms with Gasteiger partial charge in [-0.15, -0.1) is 10.2 Å². The van der Waals surface area contributed by atoms with Gasteiger partial charge in [0.1, 0.15) is 0 Å². The molecule has 1 aromatic heterocycles. The number of fused-ring (bicyclic) bond motifs is 2. The highest BCUT2D eigenvalue weighted by molar-refractivity contribution is 5.12. The molecule has 2 aliphatic rings. The maximum Gasteiger partial charge on any atom is 0.188 e. The number of aromatic amines is 1. The lowest BCUT2D eigenvalue weighted by Gasteiger charge is -2.43. The molecule has 3 unspecified atom stereocenters. The molecule has 2 fully saturated rings. The third-order valence-corrected chi connectivity index (χ3v) is 5.12. The molecule has 2 saturated carbocycles.